The van der Waals surface area contributed by atoms with Crippen molar-refractivity contribution in [3.05, 3.63) is 12.2 Å². The van der Waals surface area contributed by atoms with E-state index in [9.17, 15) is 9.90 Å². The largest absolute Gasteiger partial charge is 0.462 e. The summed E-state index contributed by atoms with van der Waals surface area (Å²) in [6.45, 7) is 13.6. The Morgan fingerprint density at radius 1 is 1.35 bits per heavy atom. The van der Waals surface area contributed by atoms with Crippen LogP contribution in [0.1, 0.15) is 66.2 Å². The van der Waals surface area contributed by atoms with Crippen LogP contribution in [0.4, 0.5) is 0 Å². The summed E-state index contributed by atoms with van der Waals surface area (Å²) in [5.74, 6) is 0.00312. The van der Waals surface area contributed by atoms with E-state index in [1.54, 1.807) is 0 Å². The second kappa shape index (κ2) is 8.57. The lowest BCUT2D eigenvalue weighted by molar-refractivity contribution is -0.141. The van der Waals surface area contributed by atoms with E-state index in [0.29, 0.717) is 12.8 Å². The SMILES string of the molecule is CCCCCC(C=C[C@@H]1[C@H]2CC(=O)O[C@H]2C[C@H]1O)O[Si](C)(C)C(C)(C)C. The topological polar surface area (TPSA) is 55.8 Å². The van der Waals surface area contributed by atoms with Crippen LogP contribution in [0.2, 0.25) is 18.1 Å². The van der Waals surface area contributed by atoms with Crippen molar-refractivity contribution in [2.45, 2.75) is 103 Å². The molecule has 0 aromatic carbocycles. The van der Waals surface area contributed by atoms with Crippen molar-refractivity contribution >= 4 is 14.3 Å². The zero-order valence-electron chi connectivity index (χ0n) is 17.5. The van der Waals surface area contributed by atoms with Crippen molar-refractivity contribution in [2.24, 2.45) is 11.8 Å². The highest BCUT2D eigenvalue weighted by Crippen LogP contribution is 2.42. The lowest BCUT2D eigenvalue weighted by atomic mass is 9.91. The van der Waals surface area contributed by atoms with Crippen molar-refractivity contribution in [3.8, 4) is 0 Å². The number of aliphatic hydroxyl groups excluding tert-OH is 1. The van der Waals surface area contributed by atoms with Crippen molar-refractivity contribution < 1.29 is 19.1 Å². The van der Waals surface area contributed by atoms with E-state index >= 15 is 0 Å². The molecule has 1 N–H and O–H groups in total. The molecule has 0 aromatic rings. The summed E-state index contributed by atoms with van der Waals surface area (Å²) in [6, 6.07) is 0. The number of carbonyl (C=O) groups is 1. The number of ether oxygens (including phenoxy) is 1. The summed E-state index contributed by atoms with van der Waals surface area (Å²) < 4.78 is 12.0. The number of rotatable bonds is 8. The molecule has 2 fully saturated rings. The minimum Gasteiger partial charge on any atom is -0.462 e. The fraction of sp³-hybridized carbons (Fsp3) is 0.857. The van der Waals surface area contributed by atoms with Crippen LogP contribution in [0.5, 0.6) is 0 Å². The molecule has 26 heavy (non-hydrogen) atoms. The Morgan fingerprint density at radius 3 is 2.65 bits per heavy atom. The molecule has 1 saturated heterocycles. The Bertz CT molecular complexity index is 509. The predicted molar refractivity (Wildman–Crippen MR) is 107 cm³/mol. The van der Waals surface area contributed by atoms with E-state index in [0.717, 1.165) is 12.8 Å². The summed E-state index contributed by atoms with van der Waals surface area (Å²) in [5.41, 5.74) is 0. The van der Waals surface area contributed by atoms with Crippen LogP contribution in [0.15, 0.2) is 12.2 Å². The van der Waals surface area contributed by atoms with E-state index in [-0.39, 0.29) is 35.1 Å². The molecule has 5 atom stereocenters. The number of hydrogen-bond acceptors (Lipinski definition) is 4. The summed E-state index contributed by atoms with van der Waals surface area (Å²) >= 11 is 0. The van der Waals surface area contributed by atoms with E-state index in [1.165, 1.54) is 12.8 Å². The summed E-state index contributed by atoms with van der Waals surface area (Å²) in [7, 11) is -1.85. The van der Waals surface area contributed by atoms with Gasteiger partial charge < -0.3 is 14.3 Å². The second-order valence-corrected chi connectivity index (χ2v) is 14.3. The number of esters is 1. The first-order chi connectivity index (χ1) is 12.0. The predicted octanol–water partition coefficient (Wildman–Crippen LogP) is 4.83. The average molecular weight is 383 g/mol. The summed E-state index contributed by atoms with van der Waals surface area (Å²) in [5, 5.41) is 10.6. The molecule has 1 aliphatic carbocycles. The van der Waals surface area contributed by atoms with Gasteiger partial charge in [-0.25, -0.2) is 0 Å². The van der Waals surface area contributed by atoms with E-state index < -0.39 is 14.4 Å². The van der Waals surface area contributed by atoms with Gasteiger partial charge in [0.1, 0.15) is 6.10 Å². The number of carbonyl (C=O) groups excluding carboxylic acids is 1. The molecule has 1 aliphatic heterocycles. The first kappa shape index (κ1) is 21.6. The summed E-state index contributed by atoms with van der Waals surface area (Å²) in [4.78, 5) is 11.6. The van der Waals surface area contributed by atoms with Gasteiger partial charge in [0.05, 0.1) is 18.6 Å². The maximum atomic E-state index is 11.6. The number of fused-ring (bicyclic) bond motifs is 1. The molecule has 0 radical (unpaired) electrons. The minimum absolute atomic E-state index is 0.00291. The molecule has 0 amide bonds. The highest BCUT2D eigenvalue weighted by atomic mass is 28.4. The Balaban J connectivity index is 2.07. The molecule has 1 saturated carbocycles. The Hall–Kier alpha value is -0.653. The fourth-order valence-corrected chi connectivity index (χ4v) is 5.09. The van der Waals surface area contributed by atoms with Crippen LogP contribution in [-0.4, -0.2) is 37.7 Å². The van der Waals surface area contributed by atoms with Gasteiger partial charge >= 0.3 is 5.97 Å². The molecular weight excluding hydrogens is 344 g/mol. The zero-order valence-corrected chi connectivity index (χ0v) is 18.5. The van der Waals surface area contributed by atoms with Gasteiger partial charge in [-0.1, -0.05) is 59.1 Å². The first-order valence-electron chi connectivity index (χ1n) is 10.3. The van der Waals surface area contributed by atoms with Gasteiger partial charge in [-0.2, -0.15) is 0 Å². The van der Waals surface area contributed by atoms with Crippen molar-refractivity contribution in [2.75, 3.05) is 0 Å². The third-order valence-electron chi connectivity index (χ3n) is 6.47. The molecule has 2 aliphatic rings. The van der Waals surface area contributed by atoms with Crippen LogP contribution < -0.4 is 0 Å². The van der Waals surface area contributed by atoms with Gasteiger partial charge in [0, 0.05) is 18.3 Å². The van der Waals surface area contributed by atoms with Crippen LogP contribution in [0, 0.1) is 11.8 Å². The third kappa shape index (κ3) is 5.20. The van der Waals surface area contributed by atoms with E-state index in [4.69, 9.17) is 9.16 Å². The van der Waals surface area contributed by atoms with Crippen molar-refractivity contribution in [1.82, 2.24) is 0 Å². The normalized spacial score (nSPS) is 30.7. The number of hydrogen-bond donors (Lipinski definition) is 1. The maximum absolute atomic E-state index is 11.6. The van der Waals surface area contributed by atoms with Gasteiger partial charge in [0.15, 0.2) is 8.32 Å². The molecule has 1 unspecified atom stereocenters. The van der Waals surface area contributed by atoms with Crippen molar-refractivity contribution in [1.29, 1.82) is 0 Å². The van der Waals surface area contributed by atoms with Crippen LogP contribution >= 0.6 is 0 Å². The molecule has 4 nitrogen and oxygen atoms in total. The van der Waals surface area contributed by atoms with Crippen LogP contribution in [-0.2, 0) is 14.0 Å². The minimum atomic E-state index is -1.85. The molecule has 1 heterocycles. The molecule has 5 heteroatoms. The van der Waals surface area contributed by atoms with Gasteiger partial charge in [-0.3, -0.25) is 4.79 Å². The second-order valence-electron chi connectivity index (χ2n) is 9.57. The van der Waals surface area contributed by atoms with Gasteiger partial charge in [-0.05, 0) is 24.6 Å². The fourth-order valence-electron chi connectivity index (χ4n) is 3.78. The smallest absolute Gasteiger partial charge is 0.306 e. The molecular formula is C21H38O4Si. The van der Waals surface area contributed by atoms with Gasteiger partial charge in [0.2, 0.25) is 0 Å². The first-order valence-corrected chi connectivity index (χ1v) is 13.2. The average Bonchev–Trinajstić information content (AvgIpc) is 2.98. The highest BCUT2D eigenvalue weighted by Gasteiger charge is 2.48. The van der Waals surface area contributed by atoms with E-state index in [2.05, 4.69) is 52.9 Å². The van der Waals surface area contributed by atoms with Crippen molar-refractivity contribution in [3.63, 3.8) is 0 Å². The molecule has 2 rings (SSSR count). The molecule has 150 valence electrons. The third-order valence-corrected chi connectivity index (χ3v) is 11.0. The quantitative estimate of drug-likeness (QED) is 0.283. The van der Waals surface area contributed by atoms with Gasteiger partial charge in [0.25, 0.3) is 0 Å². The number of unbranched alkanes of at least 4 members (excludes halogenated alkanes) is 2. The number of aliphatic hydroxyl groups is 1. The standard InChI is InChI=1S/C21H38O4Si/c1-7-8-9-10-15(25-26(5,6)21(2,3)4)11-12-16-17-13-20(23)24-19(17)14-18(16)22/h11-12,15-19,22H,7-10,13-14H2,1-6H3/t15?,16-,17-,18-,19+/m1/s1. The Kier molecular flexibility index (Phi) is 7.14. The lowest BCUT2D eigenvalue weighted by Crippen LogP contribution is -2.43. The summed E-state index contributed by atoms with van der Waals surface area (Å²) in [6.07, 6.45) is 9.42. The zero-order chi connectivity index (χ0) is 19.5. The van der Waals surface area contributed by atoms with Crippen LogP contribution in [0.25, 0.3) is 0 Å². The Morgan fingerprint density at radius 2 is 2.04 bits per heavy atom. The molecule has 0 spiro atoms. The maximum Gasteiger partial charge on any atom is 0.306 e. The van der Waals surface area contributed by atoms with Crippen LogP contribution in [0.3, 0.4) is 0 Å². The van der Waals surface area contributed by atoms with E-state index in [1.807, 2.05) is 0 Å². The molecule has 0 bridgehead atoms. The highest BCUT2D eigenvalue weighted by molar-refractivity contribution is 6.74. The van der Waals surface area contributed by atoms with Gasteiger partial charge in [-0.15, -0.1) is 0 Å². The Labute approximate surface area is 160 Å². The monoisotopic (exact) mass is 382 g/mol. The molecule has 0 aromatic heterocycles. The lowest BCUT2D eigenvalue weighted by Gasteiger charge is -2.38.